The van der Waals surface area contributed by atoms with Gasteiger partial charge in [0.1, 0.15) is 0 Å². The van der Waals surface area contributed by atoms with Crippen LogP contribution in [0.4, 0.5) is 0 Å². The molecule has 2 aromatic carbocycles. The van der Waals surface area contributed by atoms with Crippen LogP contribution in [-0.2, 0) is 17.8 Å². The molecule has 3 nitrogen and oxygen atoms in total. The summed E-state index contributed by atoms with van der Waals surface area (Å²) in [4.78, 5) is 14.5. The highest BCUT2D eigenvalue weighted by Gasteiger charge is 2.13. The lowest BCUT2D eigenvalue weighted by atomic mass is 10.1. The topological polar surface area (TPSA) is 46.3 Å². The number of aryl methyl sites for hydroxylation is 2. The second-order valence-electron chi connectivity index (χ2n) is 5.93. The van der Waals surface area contributed by atoms with Crippen molar-refractivity contribution in [2.45, 2.75) is 32.7 Å². The lowest BCUT2D eigenvalue weighted by Gasteiger charge is -2.23. The third kappa shape index (κ3) is 6.73. The molecule has 0 aliphatic rings. The zero-order chi connectivity index (χ0) is 16.5. The van der Waals surface area contributed by atoms with E-state index in [4.69, 9.17) is 5.73 Å². The van der Waals surface area contributed by atoms with E-state index in [0.29, 0.717) is 19.5 Å². The minimum Gasteiger partial charge on any atom is -0.338 e. The van der Waals surface area contributed by atoms with Crippen molar-refractivity contribution in [2.24, 2.45) is 5.73 Å². The molecule has 2 N–H and O–H groups in total. The predicted octanol–water partition coefficient (Wildman–Crippen LogP) is 3.73. The fourth-order valence-corrected chi connectivity index (χ4v) is 2.65. The van der Waals surface area contributed by atoms with Gasteiger partial charge in [-0.2, -0.15) is 0 Å². The number of halogens is 1. The summed E-state index contributed by atoms with van der Waals surface area (Å²) in [5.41, 5.74) is 9.23. The van der Waals surface area contributed by atoms with Gasteiger partial charge in [-0.05, 0) is 37.4 Å². The monoisotopic (exact) mass is 346 g/mol. The van der Waals surface area contributed by atoms with Crippen LogP contribution in [0.25, 0.3) is 0 Å². The van der Waals surface area contributed by atoms with Gasteiger partial charge in [0.2, 0.25) is 5.91 Å². The summed E-state index contributed by atoms with van der Waals surface area (Å²) in [6.45, 7) is 4.07. The van der Waals surface area contributed by atoms with Crippen LogP contribution in [-0.4, -0.2) is 23.9 Å². The third-order valence-electron chi connectivity index (χ3n) is 3.91. The molecule has 0 spiro atoms. The molecule has 0 heterocycles. The first-order chi connectivity index (χ1) is 11.2. The van der Waals surface area contributed by atoms with E-state index in [9.17, 15) is 4.79 Å². The Morgan fingerprint density at radius 2 is 1.75 bits per heavy atom. The molecule has 0 atom stereocenters. The number of hydrogen-bond acceptors (Lipinski definition) is 2. The van der Waals surface area contributed by atoms with Gasteiger partial charge in [-0.3, -0.25) is 4.79 Å². The van der Waals surface area contributed by atoms with Gasteiger partial charge in [-0.1, -0.05) is 60.2 Å². The molecule has 0 saturated heterocycles. The van der Waals surface area contributed by atoms with Gasteiger partial charge in [0.15, 0.2) is 0 Å². The minimum atomic E-state index is 0. The minimum absolute atomic E-state index is 0. The Kier molecular flexibility index (Phi) is 9.13. The number of benzene rings is 2. The lowest BCUT2D eigenvalue weighted by molar-refractivity contribution is -0.131. The maximum Gasteiger partial charge on any atom is 0.223 e. The first-order valence-corrected chi connectivity index (χ1v) is 8.26. The SMILES string of the molecule is Cc1cccc(CCC(=O)N(CCCN)Cc2ccccc2)c1.Cl. The molecule has 130 valence electrons. The zero-order valence-corrected chi connectivity index (χ0v) is 15.1. The molecule has 0 unspecified atom stereocenters. The zero-order valence-electron chi connectivity index (χ0n) is 14.3. The summed E-state index contributed by atoms with van der Waals surface area (Å²) in [5, 5.41) is 0. The number of carbonyl (C=O) groups is 1. The average molecular weight is 347 g/mol. The number of rotatable bonds is 8. The summed E-state index contributed by atoms with van der Waals surface area (Å²) in [6, 6.07) is 18.5. The number of nitrogens with zero attached hydrogens (tertiary/aromatic N) is 1. The Hall–Kier alpha value is -1.84. The highest BCUT2D eigenvalue weighted by Crippen LogP contribution is 2.11. The Morgan fingerprint density at radius 3 is 2.42 bits per heavy atom. The summed E-state index contributed by atoms with van der Waals surface area (Å²) in [5.74, 6) is 0.198. The summed E-state index contributed by atoms with van der Waals surface area (Å²) < 4.78 is 0. The molecule has 0 fully saturated rings. The van der Waals surface area contributed by atoms with Crippen LogP contribution in [0, 0.1) is 6.92 Å². The van der Waals surface area contributed by atoms with Crippen molar-refractivity contribution in [1.82, 2.24) is 4.90 Å². The Labute approximate surface area is 151 Å². The highest BCUT2D eigenvalue weighted by atomic mass is 35.5. The Bertz CT molecular complexity index is 616. The predicted molar refractivity (Wildman–Crippen MR) is 102 cm³/mol. The third-order valence-corrected chi connectivity index (χ3v) is 3.91. The molecule has 0 aliphatic carbocycles. The molecular formula is C20H27ClN2O. The van der Waals surface area contributed by atoms with Crippen LogP contribution in [0.3, 0.4) is 0 Å². The molecule has 0 bridgehead atoms. The second kappa shape index (κ2) is 10.8. The van der Waals surface area contributed by atoms with Gasteiger partial charge in [0.05, 0.1) is 0 Å². The van der Waals surface area contributed by atoms with Crippen molar-refractivity contribution >= 4 is 18.3 Å². The van der Waals surface area contributed by atoms with Gasteiger partial charge in [-0.25, -0.2) is 0 Å². The van der Waals surface area contributed by atoms with E-state index in [1.807, 2.05) is 29.2 Å². The van der Waals surface area contributed by atoms with E-state index in [0.717, 1.165) is 24.9 Å². The van der Waals surface area contributed by atoms with Crippen molar-refractivity contribution in [3.8, 4) is 0 Å². The van der Waals surface area contributed by atoms with Crippen LogP contribution in [0.2, 0.25) is 0 Å². The van der Waals surface area contributed by atoms with E-state index >= 15 is 0 Å². The molecular weight excluding hydrogens is 320 g/mol. The van der Waals surface area contributed by atoms with Gasteiger partial charge in [-0.15, -0.1) is 12.4 Å². The Balaban J connectivity index is 0.00000288. The van der Waals surface area contributed by atoms with E-state index in [1.54, 1.807) is 0 Å². The largest absolute Gasteiger partial charge is 0.338 e. The van der Waals surface area contributed by atoms with Gasteiger partial charge in [0.25, 0.3) is 0 Å². The fraction of sp³-hybridized carbons (Fsp3) is 0.350. The standard InChI is InChI=1S/C20H26N2O.ClH/c1-17-7-5-10-18(15-17)11-12-20(23)22(14-6-13-21)16-19-8-3-2-4-9-19;/h2-5,7-10,15H,6,11-14,16,21H2,1H3;1H. The highest BCUT2D eigenvalue weighted by molar-refractivity contribution is 5.85. The number of carbonyl (C=O) groups excluding carboxylic acids is 1. The summed E-state index contributed by atoms with van der Waals surface area (Å²) in [6.07, 6.45) is 2.16. The molecule has 1 amide bonds. The summed E-state index contributed by atoms with van der Waals surface area (Å²) >= 11 is 0. The number of hydrogen-bond donors (Lipinski definition) is 1. The van der Waals surface area contributed by atoms with Gasteiger partial charge in [0, 0.05) is 19.5 Å². The van der Waals surface area contributed by atoms with Crippen LogP contribution >= 0.6 is 12.4 Å². The Morgan fingerprint density at radius 1 is 1.04 bits per heavy atom. The van der Waals surface area contributed by atoms with Crippen LogP contribution in [0.5, 0.6) is 0 Å². The van der Waals surface area contributed by atoms with E-state index < -0.39 is 0 Å². The molecule has 0 aromatic heterocycles. The quantitative estimate of drug-likeness (QED) is 0.791. The first-order valence-electron chi connectivity index (χ1n) is 8.26. The number of amides is 1. The van der Waals surface area contributed by atoms with Gasteiger partial charge >= 0.3 is 0 Å². The smallest absolute Gasteiger partial charge is 0.223 e. The van der Waals surface area contributed by atoms with E-state index in [1.165, 1.54) is 11.1 Å². The fourth-order valence-electron chi connectivity index (χ4n) is 2.65. The van der Waals surface area contributed by atoms with Gasteiger partial charge < -0.3 is 10.6 Å². The van der Waals surface area contributed by atoms with Crippen LogP contribution < -0.4 is 5.73 Å². The van der Waals surface area contributed by atoms with E-state index in [2.05, 4.69) is 37.3 Å². The molecule has 0 saturated carbocycles. The molecule has 2 aromatic rings. The normalized spacial score (nSPS) is 10.1. The average Bonchev–Trinajstić information content (AvgIpc) is 2.57. The lowest BCUT2D eigenvalue weighted by Crippen LogP contribution is -2.32. The first kappa shape index (κ1) is 20.2. The molecule has 24 heavy (non-hydrogen) atoms. The van der Waals surface area contributed by atoms with Crippen molar-refractivity contribution in [3.05, 3.63) is 71.3 Å². The van der Waals surface area contributed by atoms with Crippen molar-refractivity contribution in [2.75, 3.05) is 13.1 Å². The van der Waals surface area contributed by atoms with Crippen LogP contribution in [0.1, 0.15) is 29.5 Å². The van der Waals surface area contributed by atoms with Crippen molar-refractivity contribution < 1.29 is 4.79 Å². The summed E-state index contributed by atoms with van der Waals surface area (Å²) in [7, 11) is 0. The molecule has 0 aliphatic heterocycles. The van der Waals surface area contributed by atoms with Crippen molar-refractivity contribution in [3.63, 3.8) is 0 Å². The molecule has 4 heteroatoms. The van der Waals surface area contributed by atoms with Crippen molar-refractivity contribution in [1.29, 1.82) is 0 Å². The maximum atomic E-state index is 12.6. The number of nitrogens with two attached hydrogens (primary N) is 1. The van der Waals surface area contributed by atoms with Crippen LogP contribution in [0.15, 0.2) is 54.6 Å². The molecule has 2 rings (SSSR count). The maximum absolute atomic E-state index is 12.6. The second-order valence-corrected chi connectivity index (χ2v) is 5.93. The van der Waals surface area contributed by atoms with E-state index in [-0.39, 0.29) is 18.3 Å². The molecule has 0 radical (unpaired) electrons.